The second kappa shape index (κ2) is 5.46. The van der Waals surface area contributed by atoms with Crippen molar-refractivity contribution in [2.24, 2.45) is 5.73 Å². The van der Waals surface area contributed by atoms with Gasteiger partial charge in [-0.15, -0.1) is 5.10 Å². The number of H-pyrrole nitrogens is 1. The molecule has 0 aliphatic heterocycles. The molecule has 1 aromatic heterocycles. The fourth-order valence-electron chi connectivity index (χ4n) is 2.22. The van der Waals surface area contributed by atoms with Crippen LogP contribution in [0.3, 0.4) is 0 Å². The van der Waals surface area contributed by atoms with Gasteiger partial charge in [-0.05, 0) is 42.7 Å². The molecule has 0 amide bonds. The van der Waals surface area contributed by atoms with E-state index in [4.69, 9.17) is 5.73 Å². The summed E-state index contributed by atoms with van der Waals surface area (Å²) >= 11 is 1.51. The summed E-state index contributed by atoms with van der Waals surface area (Å²) in [5.74, 6) is 0. The Kier molecular flexibility index (Phi) is 3.67. The first-order valence-electron chi connectivity index (χ1n) is 6.90. The summed E-state index contributed by atoms with van der Waals surface area (Å²) in [6.07, 6.45) is 3.00. The molecular formula is C14H18N4OS. The topological polar surface area (TPSA) is 76.7 Å². The van der Waals surface area contributed by atoms with E-state index in [-0.39, 0.29) is 11.7 Å². The molecule has 106 valence electrons. The zero-order chi connectivity index (χ0) is 14.1. The van der Waals surface area contributed by atoms with Crippen LogP contribution < -0.4 is 11.4 Å². The average molecular weight is 290 g/mol. The first-order chi connectivity index (χ1) is 9.70. The molecule has 20 heavy (non-hydrogen) atoms. The number of nitrogens with two attached hydrogens (primary N) is 1. The predicted molar refractivity (Wildman–Crippen MR) is 78.9 cm³/mol. The predicted octanol–water partition coefficient (Wildman–Crippen LogP) is 2.47. The molecular weight excluding hydrogens is 272 g/mol. The standard InChI is InChI=1S/C14H18N4OS/c1-2-11(15)10-5-3-4-6-12(10)20-14-17-16-13(19)18(14)9-7-8-9/h3-6,9,11H,2,7-8,15H2,1H3,(H,16,19). The van der Waals surface area contributed by atoms with E-state index in [0.717, 1.165) is 34.9 Å². The minimum atomic E-state index is -0.118. The van der Waals surface area contributed by atoms with Crippen molar-refractivity contribution in [2.45, 2.75) is 48.3 Å². The lowest BCUT2D eigenvalue weighted by Gasteiger charge is -2.14. The molecule has 3 rings (SSSR count). The fraction of sp³-hybridized carbons (Fsp3) is 0.429. The molecule has 0 bridgehead atoms. The Morgan fingerprint density at radius 2 is 2.25 bits per heavy atom. The van der Waals surface area contributed by atoms with Crippen LogP contribution in [-0.2, 0) is 0 Å². The molecule has 2 aromatic rings. The minimum Gasteiger partial charge on any atom is -0.324 e. The highest BCUT2D eigenvalue weighted by molar-refractivity contribution is 7.99. The maximum Gasteiger partial charge on any atom is 0.344 e. The second-order valence-electron chi connectivity index (χ2n) is 5.07. The van der Waals surface area contributed by atoms with Crippen molar-refractivity contribution in [3.05, 3.63) is 40.3 Å². The second-order valence-corrected chi connectivity index (χ2v) is 6.08. The Bertz CT molecular complexity index is 659. The van der Waals surface area contributed by atoms with Crippen molar-refractivity contribution in [1.29, 1.82) is 0 Å². The van der Waals surface area contributed by atoms with Crippen LogP contribution in [0.1, 0.15) is 43.8 Å². The van der Waals surface area contributed by atoms with Gasteiger partial charge in [0.05, 0.1) is 0 Å². The molecule has 1 aromatic carbocycles. The third-order valence-corrected chi connectivity index (χ3v) is 4.61. The summed E-state index contributed by atoms with van der Waals surface area (Å²) in [7, 11) is 0. The molecule has 1 atom stereocenters. The Balaban J connectivity index is 1.94. The molecule has 6 heteroatoms. The van der Waals surface area contributed by atoms with Crippen LogP contribution in [0.5, 0.6) is 0 Å². The number of aromatic nitrogens is 3. The van der Waals surface area contributed by atoms with E-state index in [2.05, 4.69) is 17.1 Å². The fourth-order valence-corrected chi connectivity index (χ4v) is 3.32. The summed E-state index contributed by atoms with van der Waals surface area (Å²) in [5, 5.41) is 7.42. The summed E-state index contributed by atoms with van der Waals surface area (Å²) in [5.41, 5.74) is 7.14. The first-order valence-corrected chi connectivity index (χ1v) is 7.71. The maximum absolute atomic E-state index is 11.8. The van der Waals surface area contributed by atoms with Gasteiger partial charge in [-0.3, -0.25) is 4.57 Å². The highest BCUT2D eigenvalue weighted by atomic mass is 32.2. The largest absolute Gasteiger partial charge is 0.344 e. The van der Waals surface area contributed by atoms with Crippen molar-refractivity contribution in [1.82, 2.24) is 14.8 Å². The van der Waals surface area contributed by atoms with Gasteiger partial charge in [-0.2, -0.15) is 0 Å². The van der Waals surface area contributed by atoms with Crippen molar-refractivity contribution < 1.29 is 0 Å². The van der Waals surface area contributed by atoms with E-state index < -0.39 is 0 Å². The molecule has 1 unspecified atom stereocenters. The van der Waals surface area contributed by atoms with Gasteiger partial charge < -0.3 is 5.73 Å². The Hall–Kier alpha value is -1.53. The van der Waals surface area contributed by atoms with E-state index in [9.17, 15) is 4.79 Å². The van der Waals surface area contributed by atoms with Gasteiger partial charge in [0.25, 0.3) is 0 Å². The number of aromatic amines is 1. The molecule has 5 nitrogen and oxygen atoms in total. The number of hydrogen-bond donors (Lipinski definition) is 2. The van der Waals surface area contributed by atoms with Crippen molar-refractivity contribution in [3.8, 4) is 0 Å². The summed E-state index contributed by atoms with van der Waals surface area (Å²) < 4.78 is 1.76. The van der Waals surface area contributed by atoms with Gasteiger partial charge in [0.1, 0.15) is 0 Å². The van der Waals surface area contributed by atoms with Crippen LogP contribution in [-0.4, -0.2) is 14.8 Å². The van der Waals surface area contributed by atoms with E-state index in [1.54, 1.807) is 4.57 Å². The maximum atomic E-state index is 11.8. The van der Waals surface area contributed by atoms with Gasteiger partial charge in [0.15, 0.2) is 5.16 Å². The molecule has 1 fully saturated rings. The monoisotopic (exact) mass is 290 g/mol. The van der Waals surface area contributed by atoms with Crippen LogP contribution in [0.4, 0.5) is 0 Å². The SMILES string of the molecule is CCC(N)c1ccccc1Sc1n[nH]c(=O)n1C1CC1. The van der Waals surface area contributed by atoms with Gasteiger partial charge in [-0.1, -0.05) is 25.1 Å². The number of rotatable bonds is 5. The third-order valence-electron chi connectivity index (χ3n) is 3.54. The van der Waals surface area contributed by atoms with Crippen molar-refractivity contribution >= 4 is 11.8 Å². The molecule has 0 radical (unpaired) electrons. The van der Waals surface area contributed by atoms with Crippen molar-refractivity contribution in [2.75, 3.05) is 0 Å². The molecule has 0 saturated heterocycles. The van der Waals surface area contributed by atoms with E-state index >= 15 is 0 Å². The van der Waals surface area contributed by atoms with Crippen LogP contribution in [0.15, 0.2) is 39.1 Å². The Morgan fingerprint density at radius 3 is 2.95 bits per heavy atom. The quantitative estimate of drug-likeness (QED) is 0.887. The molecule has 0 spiro atoms. The van der Waals surface area contributed by atoms with Crippen molar-refractivity contribution in [3.63, 3.8) is 0 Å². The molecule has 1 heterocycles. The lowest BCUT2D eigenvalue weighted by molar-refractivity contribution is 0.641. The van der Waals surface area contributed by atoms with Crippen LogP contribution in [0.25, 0.3) is 0 Å². The van der Waals surface area contributed by atoms with E-state index in [0.29, 0.717) is 6.04 Å². The molecule has 1 saturated carbocycles. The van der Waals surface area contributed by atoms with Crippen LogP contribution in [0, 0.1) is 0 Å². The summed E-state index contributed by atoms with van der Waals surface area (Å²) in [6, 6.07) is 8.39. The highest BCUT2D eigenvalue weighted by Crippen LogP contribution is 2.39. The van der Waals surface area contributed by atoms with Crippen LogP contribution >= 0.6 is 11.8 Å². The smallest absolute Gasteiger partial charge is 0.324 e. The summed E-state index contributed by atoms with van der Waals surface area (Å²) in [6.45, 7) is 2.07. The average Bonchev–Trinajstić information content (AvgIpc) is 3.23. The number of nitrogens with one attached hydrogen (secondary N) is 1. The molecule has 1 aliphatic rings. The lowest BCUT2D eigenvalue weighted by atomic mass is 10.1. The number of benzene rings is 1. The summed E-state index contributed by atoms with van der Waals surface area (Å²) in [4.78, 5) is 12.9. The zero-order valence-electron chi connectivity index (χ0n) is 11.4. The first kappa shape index (κ1) is 13.5. The minimum absolute atomic E-state index is 0.0127. The van der Waals surface area contributed by atoms with E-state index in [1.807, 2.05) is 24.3 Å². The van der Waals surface area contributed by atoms with Gasteiger partial charge in [0.2, 0.25) is 0 Å². The van der Waals surface area contributed by atoms with Gasteiger partial charge >= 0.3 is 5.69 Å². The molecule has 3 N–H and O–H groups in total. The van der Waals surface area contributed by atoms with E-state index in [1.165, 1.54) is 11.8 Å². The Labute approximate surface area is 121 Å². The lowest BCUT2D eigenvalue weighted by Crippen LogP contribution is -2.16. The zero-order valence-corrected chi connectivity index (χ0v) is 12.2. The molecule has 1 aliphatic carbocycles. The van der Waals surface area contributed by atoms with Gasteiger partial charge in [0, 0.05) is 17.0 Å². The number of nitrogens with zero attached hydrogens (tertiary/aromatic N) is 2. The third kappa shape index (κ3) is 2.53. The highest BCUT2D eigenvalue weighted by Gasteiger charge is 2.29. The van der Waals surface area contributed by atoms with Gasteiger partial charge in [-0.25, -0.2) is 9.89 Å². The normalized spacial score (nSPS) is 16.3. The van der Waals surface area contributed by atoms with Crippen LogP contribution in [0.2, 0.25) is 0 Å². The Morgan fingerprint density at radius 1 is 1.50 bits per heavy atom. The number of hydrogen-bond acceptors (Lipinski definition) is 4.